The van der Waals surface area contributed by atoms with Crippen molar-refractivity contribution in [1.29, 1.82) is 0 Å². The minimum absolute atomic E-state index is 1.06. The highest BCUT2D eigenvalue weighted by Crippen LogP contribution is 1.96. The Kier molecular flexibility index (Phi) is 5.18. The highest BCUT2D eigenvalue weighted by atomic mass is 14.7. The lowest BCUT2D eigenvalue weighted by Crippen LogP contribution is -1.78. The Morgan fingerprint density at radius 3 is 2.22 bits per heavy atom. The third kappa shape index (κ3) is 5.28. The molecular formula is C8H15N. The van der Waals surface area contributed by atoms with Gasteiger partial charge in [-0.1, -0.05) is 26.3 Å². The van der Waals surface area contributed by atoms with Crippen LogP contribution in [0.5, 0.6) is 0 Å². The molecule has 0 aromatic carbocycles. The first-order chi connectivity index (χ1) is 4.31. The SMILES string of the molecule is CC1=NC=CC1.CCC. The first-order valence-corrected chi connectivity index (χ1v) is 3.49. The second-order valence-corrected chi connectivity index (χ2v) is 2.16. The lowest BCUT2D eigenvalue weighted by Gasteiger charge is -1.76. The van der Waals surface area contributed by atoms with Gasteiger partial charge in [-0.15, -0.1) is 0 Å². The lowest BCUT2D eigenvalue weighted by atomic mass is 10.3. The van der Waals surface area contributed by atoms with Crippen molar-refractivity contribution in [2.24, 2.45) is 4.99 Å². The zero-order valence-electron chi connectivity index (χ0n) is 6.52. The number of aliphatic imine (C=N–C) groups is 1. The number of nitrogens with zero attached hydrogens (tertiary/aromatic N) is 1. The van der Waals surface area contributed by atoms with Crippen molar-refractivity contribution in [2.45, 2.75) is 33.6 Å². The molecule has 0 bridgehead atoms. The lowest BCUT2D eigenvalue weighted by molar-refractivity contribution is 1.09. The monoisotopic (exact) mass is 125 g/mol. The molecule has 0 spiro atoms. The van der Waals surface area contributed by atoms with E-state index in [1.54, 1.807) is 0 Å². The molecule has 0 fully saturated rings. The largest absolute Gasteiger partial charge is 0.266 e. The van der Waals surface area contributed by atoms with Crippen molar-refractivity contribution >= 4 is 5.71 Å². The summed E-state index contributed by atoms with van der Waals surface area (Å²) in [4.78, 5) is 3.97. The van der Waals surface area contributed by atoms with Crippen molar-refractivity contribution < 1.29 is 0 Å². The van der Waals surface area contributed by atoms with Crippen molar-refractivity contribution in [2.75, 3.05) is 0 Å². The van der Waals surface area contributed by atoms with Crippen LogP contribution in [0.3, 0.4) is 0 Å². The fraction of sp³-hybridized carbons (Fsp3) is 0.625. The molecular weight excluding hydrogens is 110 g/mol. The van der Waals surface area contributed by atoms with Crippen LogP contribution >= 0.6 is 0 Å². The smallest absolute Gasteiger partial charge is 0.0231 e. The summed E-state index contributed by atoms with van der Waals surface area (Å²) >= 11 is 0. The van der Waals surface area contributed by atoms with E-state index >= 15 is 0 Å². The van der Waals surface area contributed by atoms with Crippen molar-refractivity contribution in [1.82, 2.24) is 0 Å². The quantitative estimate of drug-likeness (QED) is 0.472. The highest BCUT2D eigenvalue weighted by Gasteiger charge is 1.88. The number of allylic oxidation sites excluding steroid dienone is 1. The Morgan fingerprint density at radius 2 is 2.11 bits per heavy atom. The van der Waals surface area contributed by atoms with E-state index in [2.05, 4.69) is 24.9 Å². The molecule has 1 heteroatoms. The van der Waals surface area contributed by atoms with E-state index in [-0.39, 0.29) is 0 Å². The number of hydrogen-bond acceptors (Lipinski definition) is 1. The summed E-state index contributed by atoms with van der Waals surface area (Å²) in [6.45, 7) is 6.28. The normalized spacial score (nSPS) is 14.3. The molecule has 1 rings (SSSR count). The third-order valence-corrected chi connectivity index (χ3v) is 0.814. The fourth-order valence-corrected chi connectivity index (χ4v) is 0.456. The van der Waals surface area contributed by atoms with Gasteiger partial charge < -0.3 is 0 Å². The van der Waals surface area contributed by atoms with Crippen LogP contribution in [-0.4, -0.2) is 5.71 Å². The summed E-state index contributed by atoms with van der Waals surface area (Å²) in [5.41, 5.74) is 1.22. The van der Waals surface area contributed by atoms with Gasteiger partial charge in [0.05, 0.1) is 0 Å². The van der Waals surface area contributed by atoms with E-state index in [1.165, 1.54) is 12.1 Å². The Labute approximate surface area is 57.5 Å². The predicted octanol–water partition coefficient (Wildman–Crippen LogP) is 2.78. The molecule has 0 aromatic heterocycles. The van der Waals surface area contributed by atoms with E-state index in [9.17, 15) is 0 Å². The molecule has 0 N–H and O–H groups in total. The van der Waals surface area contributed by atoms with Crippen LogP contribution < -0.4 is 0 Å². The molecule has 0 saturated heterocycles. The molecule has 0 amide bonds. The van der Waals surface area contributed by atoms with Crippen LogP contribution in [-0.2, 0) is 0 Å². The minimum Gasteiger partial charge on any atom is -0.266 e. The minimum atomic E-state index is 1.06. The van der Waals surface area contributed by atoms with Crippen LogP contribution in [0.4, 0.5) is 0 Å². The molecule has 1 aliphatic rings. The van der Waals surface area contributed by atoms with Gasteiger partial charge in [-0.3, -0.25) is 4.99 Å². The zero-order valence-corrected chi connectivity index (χ0v) is 6.52. The van der Waals surface area contributed by atoms with E-state index in [0.717, 1.165) is 6.42 Å². The molecule has 1 heterocycles. The van der Waals surface area contributed by atoms with Crippen LogP contribution in [0, 0.1) is 0 Å². The summed E-state index contributed by atoms with van der Waals surface area (Å²) in [5, 5.41) is 0. The molecule has 0 aromatic rings. The Hall–Kier alpha value is -0.590. The van der Waals surface area contributed by atoms with Gasteiger partial charge in [-0.25, -0.2) is 0 Å². The van der Waals surface area contributed by atoms with Gasteiger partial charge in [0.1, 0.15) is 0 Å². The first-order valence-electron chi connectivity index (χ1n) is 3.49. The van der Waals surface area contributed by atoms with E-state index in [0.29, 0.717) is 0 Å². The topological polar surface area (TPSA) is 12.4 Å². The maximum Gasteiger partial charge on any atom is 0.0231 e. The zero-order chi connectivity index (χ0) is 7.11. The summed E-state index contributed by atoms with van der Waals surface area (Å²) in [6, 6.07) is 0. The first kappa shape index (κ1) is 8.41. The molecule has 1 nitrogen and oxygen atoms in total. The fourth-order valence-electron chi connectivity index (χ4n) is 0.456. The van der Waals surface area contributed by atoms with Gasteiger partial charge in [-0.05, 0) is 6.92 Å². The van der Waals surface area contributed by atoms with Crippen LogP contribution in [0.15, 0.2) is 17.3 Å². The standard InChI is InChI=1S/C5H7N.C3H8/c1-5-3-2-4-6-5;1-3-2/h2,4H,3H2,1H3;3H2,1-2H3. The second kappa shape index (κ2) is 5.54. The van der Waals surface area contributed by atoms with Gasteiger partial charge in [-0.2, -0.15) is 0 Å². The van der Waals surface area contributed by atoms with Crippen molar-refractivity contribution in [3.63, 3.8) is 0 Å². The van der Waals surface area contributed by atoms with Gasteiger partial charge in [0.25, 0.3) is 0 Å². The average molecular weight is 125 g/mol. The third-order valence-electron chi connectivity index (χ3n) is 0.814. The molecule has 0 radical (unpaired) electrons. The maximum absolute atomic E-state index is 3.97. The number of rotatable bonds is 0. The summed E-state index contributed by atoms with van der Waals surface area (Å²) in [7, 11) is 0. The predicted molar refractivity (Wildman–Crippen MR) is 42.8 cm³/mol. The Bertz CT molecular complexity index is 112. The molecule has 9 heavy (non-hydrogen) atoms. The highest BCUT2D eigenvalue weighted by molar-refractivity contribution is 5.85. The van der Waals surface area contributed by atoms with Gasteiger partial charge in [0.15, 0.2) is 0 Å². The van der Waals surface area contributed by atoms with E-state index in [4.69, 9.17) is 0 Å². The van der Waals surface area contributed by atoms with Crippen molar-refractivity contribution in [3.8, 4) is 0 Å². The van der Waals surface area contributed by atoms with Gasteiger partial charge in [0.2, 0.25) is 0 Å². The van der Waals surface area contributed by atoms with E-state index in [1.807, 2.05) is 13.1 Å². The molecule has 0 aliphatic carbocycles. The average Bonchev–Trinajstić information content (AvgIpc) is 2.20. The molecule has 52 valence electrons. The van der Waals surface area contributed by atoms with Gasteiger partial charge in [0, 0.05) is 18.3 Å². The van der Waals surface area contributed by atoms with Crippen LogP contribution in [0.1, 0.15) is 33.6 Å². The van der Waals surface area contributed by atoms with Crippen molar-refractivity contribution in [3.05, 3.63) is 12.3 Å². The van der Waals surface area contributed by atoms with Crippen LogP contribution in [0.2, 0.25) is 0 Å². The van der Waals surface area contributed by atoms with E-state index < -0.39 is 0 Å². The van der Waals surface area contributed by atoms with Gasteiger partial charge >= 0.3 is 0 Å². The molecule has 0 saturated carbocycles. The molecule has 1 aliphatic heterocycles. The maximum atomic E-state index is 3.97. The Balaban J connectivity index is 0.000000187. The molecule has 0 unspecified atom stereocenters. The summed E-state index contributed by atoms with van der Waals surface area (Å²) in [6.07, 6.45) is 6.20. The molecule has 0 atom stereocenters. The van der Waals surface area contributed by atoms with Crippen LogP contribution in [0.25, 0.3) is 0 Å². The summed E-state index contributed by atoms with van der Waals surface area (Å²) < 4.78 is 0. The Morgan fingerprint density at radius 1 is 1.56 bits per heavy atom. The number of hydrogen-bond donors (Lipinski definition) is 0. The summed E-state index contributed by atoms with van der Waals surface area (Å²) in [5.74, 6) is 0. The second-order valence-electron chi connectivity index (χ2n) is 2.16.